The number of carbonyl (C=O) groups excluding carboxylic acids is 1. The van der Waals surface area contributed by atoms with E-state index in [2.05, 4.69) is 30.0 Å². The summed E-state index contributed by atoms with van der Waals surface area (Å²) in [7, 11) is 0. The highest BCUT2D eigenvalue weighted by atomic mass is 16.1. The van der Waals surface area contributed by atoms with E-state index in [1.54, 1.807) is 0 Å². The van der Waals surface area contributed by atoms with Crippen LogP contribution >= 0.6 is 0 Å². The number of nitrogens with two attached hydrogens (primary N) is 1. The van der Waals surface area contributed by atoms with Crippen molar-refractivity contribution in [2.45, 2.75) is 82.8 Å². The molecule has 3 heteroatoms. The van der Waals surface area contributed by atoms with Crippen molar-refractivity contribution < 1.29 is 4.79 Å². The first kappa shape index (κ1) is 17.2. The van der Waals surface area contributed by atoms with E-state index in [9.17, 15) is 4.79 Å². The quantitative estimate of drug-likeness (QED) is 0.759. The van der Waals surface area contributed by atoms with Crippen molar-refractivity contribution >= 4 is 5.78 Å². The summed E-state index contributed by atoms with van der Waals surface area (Å²) < 4.78 is 0. The summed E-state index contributed by atoms with van der Waals surface area (Å²) in [6.45, 7) is 3.29. The first-order chi connectivity index (χ1) is 12.2. The van der Waals surface area contributed by atoms with Crippen LogP contribution in [0.3, 0.4) is 0 Å². The standard InChI is InChI=1S/C22H32N2O/c1-2-3-22(25)16-6-9-18-19(14-16)21-11-10-20(18)24(21)13-12-15-4-7-17(23)8-5-15/h6,9,14-15,17,20-21H,2-5,7-8,10-13,23H2,1H3. The van der Waals surface area contributed by atoms with E-state index in [4.69, 9.17) is 5.73 Å². The first-order valence-corrected chi connectivity index (χ1v) is 10.4. The van der Waals surface area contributed by atoms with Crippen LogP contribution in [0.2, 0.25) is 0 Å². The highest BCUT2D eigenvalue weighted by molar-refractivity contribution is 5.96. The zero-order chi connectivity index (χ0) is 17.4. The van der Waals surface area contributed by atoms with E-state index >= 15 is 0 Å². The molecule has 1 aromatic rings. The molecule has 0 amide bonds. The predicted octanol–water partition coefficient (Wildman–Crippen LogP) is 4.77. The minimum Gasteiger partial charge on any atom is -0.328 e. The third-order valence-electron chi connectivity index (χ3n) is 6.80. The van der Waals surface area contributed by atoms with Gasteiger partial charge in [-0.1, -0.05) is 19.1 Å². The topological polar surface area (TPSA) is 46.3 Å². The Labute approximate surface area is 152 Å². The lowest BCUT2D eigenvalue weighted by Gasteiger charge is -2.29. The minimum atomic E-state index is 0.304. The van der Waals surface area contributed by atoms with E-state index in [0.717, 1.165) is 17.9 Å². The summed E-state index contributed by atoms with van der Waals surface area (Å²) in [5, 5.41) is 0. The molecule has 1 saturated carbocycles. The number of nitrogens with zero attached hydrogens (tertiary/aromatic N) is 1. The van der Waals surface area contributed by atoms with Gasteiger partial charge in [0.1, 0.15) is 0 Å². The second-order valence-electron chi connectivity index (χ2n) is 8.43. The Kier molecular flexibility index (Phi) is 4.97. The molecule has 2 unspecified atom stereocenters. The molecule has 3 nitrogen and oxygen atoms in total. The van der Waals surface area contributed by atoms with Gasteiger partial charge in [0.05, 0.1) is 0 Å². The van der Waals surface area contributed by atoms with Crippen molar-refractivity contribution in [3.63, 3.8) is 0 Å². The van der Waals surface area contributed by atoms with Gasteiger partial charge in [-0.15, -0.1) is 0 Å². The van der Waals surface area contributed by atoms with Gasteiger partial charge in [-0.05, 0) is 81.0 Å². The normalized spacial score (nSPS) is 31.3. The Morgan fingerprint density at radius 1 is 1.08 bits per heavy atom. The number of ketones is 1. The number of rotatable bonds is 6. The molecule has 1 aromatic carbocycles. The lowest BCUT2D eigenvalue weighted by atomic mass is 9.84. The Balaban J connectivity index is 1.43. The maximum Gasteiger partial charge on any atom is 0.162 e. The number of hydrogen-bond donors (Lipinski definition) is 1. The van der Waals surface area contributed by atoms with Gasteiger partial charge in [0, 0.05) is 30.1 Å². The number of fused-ring (bicyclic) bond motifs is 5. The van der Waals surface area contributed by atoms with Crippen molar-refractivity contribution in [3.8, 4) is 0 Å². The van der Waals surface area contributed by atoms with Crippen LogP contribution in [0.15, 0.2) is 18.2 Å². The van der Waals surface area contributed by atoms with Gasteiger partial charge >= 0.3 is 0 Å². The van der Waals surface area contributed by atoms with Crippen LogP contribution in [-0.4, -0.2) is 23.3 Å². The number of benzene rings is 1. The fraction of sp³-hybridized carbons (Fsp3) is 0.682. The molecule has 1 saturated heterocycles. The summed E-state index contributed by atoms with van der Waals surface area (Å²) in [4.78, 5) is 15.0. The first-order valence-electron chi connectivity index (χ1n) is 10.4. The average molecular weight is 341 g/mol. The highest BCUT2D eigenvalue weighted by Crippen LogP contribution is 2.53. The number of hydrogen-bond acceptors (Lipinski definition) is 3. The molecule has 2 atom stereocenters. The molecule has 25 heavy (non-hydrogen) atoms. The maximum absolute atomic E-state index is 12.3. The van der Waals surface area contributed by atoms with Gasteiger partial charge in [-0.25, -0.2) is 0 Å². The third-order valence-corrected chi connectivity index (χ3v) is 6.80. The number of carbonyl (C=O) groups is 1. The Hall–Kier alpha value is -1.19. The van der Waals surface area contributed by atoms with Gasteiger partial charge in [-0.3, -0.25) is 9.69 Å². The van der Waals surface area contributed by atoms with Gasteiger partial charge in [-0.2, -0.15) is 0 Å². The number of Topliss-reactive ketones (excluding diaryl/α,β-unsaturated/α-hetero) is 1. The second kappa shape index (κ2) is 7.20. The molecule has 2 bridgehead atoms. The molecular formula is C22H32N2O. The van der Waals surface area contributed by atoms with Crippen LogP contribution in [0.1, 0.15) is 98.3 Å². The summed E-state index contributed by atoms with van der Waals surface area (Å²) in [5.41, 5.74) is 9.92. The molecule has 4 rings (SSSR count). The monoisotopic (exact) mass is 340 g/mol. The molecule has 2 heterocycles. The molecule has 2 N–H and O–H groups in total. The molecule has 1 aliphatic carbocycles. The molecule has 0 aromatic heterocycles. The van der Waals surface area contributed by atoms with Crippen LogP contribution < -0.4 is 5.73 Å². The molecular weight excluding hydrogens is 308 g/mol. The van der Waals surface area contributed by atoms with E-state index in [1.807, 2.05) is 0 Å². The van der Waals surface area contributed by atoms with Crippen molar-refractivity contribution in [2.75, 3.05) is 6.54 Å². The zero-order valence-electron chi connectivity index (χ0n) is 15.5. The van der Waals surface area contributed by atoms with Gasteiger partial charge in [0.15, 0.2) is 5.78 Å². The van der Waals surface area contributed by atoms with Crippen molar-refractivity contribution in [2.24, 2.45) is 11.7 Å². The Bertz CT molecular complexity index is 633. The van der Waals surface area contributed by atoms with Crippen molar-refractivity contribution in [1.29, 1.82) is 0 Å². The van der Waals surface area contributed by atoms with Crippen molar-refractivity contribution in [1.82, 2.24) is 4.90 Å². The van der Waals surface area contributed by atoms with Gasteiger partial charge in [0.25, 0.3) is 0 Å². The molecule has 2 fully saturated rings. The average Bonchev–Trinajstić information content (AvgIpc) is 3.17. The summed E-state index contributed by atoms with van der Waals surface area (Å²) in [5.74, 6) is 1.17. The summed E-state index contributed by atoms with van der Waals surface area (Å²) >= 11 is 0. The lowest BCUT2D eigenvalue weighted by Crippen LogP contribution is -2.29. The zero-order valence-corrected chi connectivity index (χ0v) is 15.5. The highest BCUT2D eigenvalue weighted by Gasteiger charge is 2.43. The summed E-state index contributed by atoms with van der Waals surface area (Å²) in [6, 6.07) is 8.13. The third kappa shape index (κ3) is 3.29. The van der Waals surface area contributed by atoms with E-state index in [1.165, 1.54) is 62.6 Å². The molecule has 0 spiro atoms. The minimum absolute atomic E-state index is 0.304. The predicted molar refractivity (Wildman–Crippen MR) is 102 cm³/mol. The van der Waals surface area contributed by atoms with Crippen LogP contribution in [0.5, 0.6) is 0 Å². The fourth-order valence-electron chi connectivity index (χ4n) is 5.36. The van der Waals surface area contributed by atoms with E-state index in [0.29, 0.717) is 30.3 Å². The van der Waals surface area contributed by atoms with E-state index < -0.39 is 0 Å². The van der Waals surface area contributed by atoms with Crippen molar-refractivity contribution in [3.05, 3.63) is 34.9 Å². The van der Waals surface area contributed by atoms with Crippen LogP contribution in [0, 0.1) is 5.92 Å². The molecule has 2 aliphatic heterocycles. The van der Waals surface area contributed by atoms with E-state index in [-0.39, 0.29) is 0 Å². The second-order valence-corrected chi connectivity index (χ2v) is 8.43. The Morgan fingerprint density at radius 3 is 2.52 bits per heavy atom. The molecule has 3 aliphatic rings. The molecule has 0 radical (unpaired) electrons. The maximum atomic E-state index is 12.3. The smallest absolute Gasteiger partial charge is 0.162 e. The van der Waals surface area contributed by atoms with Gasteiger partial charge in [0.2, 0.25) is 0 Å². The largest absolute Gasteiger partial charge is 0.328 e. The Morgan fingerprint density at radius 2 is 1.80 bits per heavy atom. The summed E-state index contributed by atoms with van der Waals surface area (Å²) in [6.07, 6.45) is 10.5. The van der Waals surface area contributed by atoms with Crippen LogP contribution in [0.4, 0.5) is 0 Å². The molecule has 136 valence electrons. The lowest BCUT2D eigenvalue weighted by molar-refractivity contribution is 0.0981. The fourth-order valence-corrected chi connectivity index (χ4v) is 5.36. The SMILES string of the molecule is CCCC(=O)c1ccc2c(c1)C1CCC2N1CCC1CCC(N)CC1. The van der Waals surface area contributed by atoms with Crippen LogP contribution in [-0.2, 0) is 0 Å². The van der Waals surface area contributed by atoms with Crippen LogP contribution in [0.25, 0.3) is 0 Å². The van der Waals surface area contributed by atoms with Gasteiger partial charge < -0.3 is 5.73 Å².